The lowest BCUT2D eigenvalue weighted by atomic mass is 10.0. The standard InChI is InChI=1S/C16H23N3O2/c20-19(21)15-6-3-5-14(11-15)12-17-8-4-7-16(13-17)18-9-1-2-10-18/h3,5-6,11,16H,1-2,4,7-10,12-13H2/t16-/m1/s1. The number of benzene rings is 1. The van der Waals surface area contributed by atoms with Gasteiger partial charge in [-0.3, -0.25) is 19.9 Å². The smallest absolute Gasteiger partial charge is 0.269 e. The number of hydrogen-bond acceptors (Lipinski definition) is 4. The molecule has 2 fully saturated rings. The third-order valence-corrected chi connectivity index (χ3v) is 4.67. The van der Waals surface area contributed by atoms with Gasteiger partial charge in [-0.15, -0.1) is 0 Å². The lowest BCUT2D eigenvalue weighted by Gasteiger charge is -2.37. The third kappa shape index (κ3) is 3.60. The molecular weight excluding hydrogens is 266 g/mol. The quantitative estimate of drug-likeness (QED) is 0.631. The van der Waals surface area contributed by atoms with Crippen molar-refractivity contribution in [1.82, 2.24) is 9.80 Å². The van der Waals surface area contributed by atoms with Crippen molar-refractivity contribution in [3.63, 3.8) is 0 Å². The summed E-state index contributed by atoms with van der Waals surface area (Å²) in [6.07, 6.45) is 5.20. The fourth-order valence-corrected chi connectivity index (χ4v) is 3.61. The minimum Gasteiger partial charge on any atom is -0.299 e. The molecule has 1 aromatic carbocycles. The SMILES string of the molecule is O=[N+]([O-])c1cccc(CN2CCC[C@@H](N3CCCC3)C2)c1. The van der Waals surface area contributed by atoms with Crippen LogP contribution in [0.3, 0.4) is 0 Å². The first-order valence-corrected chi connectivity index (χ1v) is 7.92. The second-order valence-corrected chi connectivity index (χ2v) is 6.20. The number of nitro benzene ring substituents is 1. The van der Waals surface area contributed by atoms with Gasteiger partial charge in [-0.25, -0.2) is 0 Å². The summed E-state index contributed by atoms with van der Waals surface area (Å²) in [5, 5.41) is 10.9. The van der Waals surface area contributed by atoms with Crippen LogP contribution in [0.4, 0.5) is 5.69 Å². The van der Waals surface area contributed by atoms with Gasteiger partial charge in [-0.05, 0) is 50.9 Å². The molecule has 5 nitrogen and oxygen atoms in total. The summed E-state index contributed by atoms with van der Waals surface area (Å²) in [7, 11) is 0. The van der Waals surface area contributed by atoms with Crippen molar-refractivity contribution in [3.05, 3.63) is 39.9 Å². The Labute approximate surface area is 125 Å². The molecular formula is C16H23N3O2. The lowest BCUT2D eigenvalue weighted by molar-refractivity contribution is -0.384. The molecule has 2 aliphatic heterocycles. The highest BCUT2D eigenvalue weighted by molar-refractivity contribution is 5.34. The molecule has 2 aliphatic rings. The van der Waals surface area contributed by atoms with Crippen molar-refractivity contribution >= 4 is 5.69 Å². The summed E-state index contributed by atoms with van der Waals surface area (Å²) >= 11 is 0. The van der Waals surface area contributed by atoms with Crippen molar-refractivity contribution in [2.24, 2.45) is 0 Å². The number of non-ortho nitro benzene ring substituents is 1. The van der Waals surface area contributed by atoms with Crippen molar-refractivity contribution in [3.8, 4) is 0 Å². The average Bonchev–Trinajstić information content (AvgIpc) is 3.02. The molecule has 114 valence electrons. The van der Waals surface area contributed by atoms with Crippen molar-refractivity contribution in [2.45, 2.75) is 38.3 Å². The Hall–Kier alpha value is -1.46. The Kier molecular flexibility index (Phi) is 4.51. The second kappa shape index (κ2) is 6.54. The van der Waals surface area contributed by atoms with Crippen molar-refractivity contribution < 1.29 is 4.92 Å². The average molecular weight is 289 g/mol. The topological polar surface area (TPSA) is 49.6 Å². The first-order chi connectivity index (χ1) is 10.2. The number of hydrogen-bond donors (Lipinski definition) is 0. The molecule has 0 N–H and O–H groups in total. The summed E-state index contributed by atoms with van der Waals surface area (Å²) in [6.45, 7) is 5.52. The molecule has 1 atom stereocenters. The molecule has 0 aliphatic carbocycles. The molecule has 0 radical (unpaired) electrons. The molecule has 0 bridgehead atoms. The van der Waals surface area contributed by atoms with Gasteiger partial charge in [0.15, 0.2) is 0 Å². The van der Waals surface area contributed by atoms with E-state index >= 15 is 0 Å². The van der Waals surface area contributed by atoms with Gasteiger partial charge >= 0.3 is 0 Å². The number of piperidine rings is 1. The highest BCUT2D eigenvalue weighted by atomic mass is 16.6. The summed E-state index contributed by atoms with van der Waals surface area (Å²) < 4.78 is 0. The molecule has 0 unspecified atom stereocenters. The summed E-state index contributed by atoms with van der Waals surface area (Å²) in [6, 6.07) is 7.73. The second-order valence-electron chi connectivity index (χ2n) is 6.20. The summed E-state index contributed by atoms with van der Waals surface area (Å²) in [5.41, 5.74) is 1.24. The Morgan fingerprint density at radius 3 is 2.76 bits per heavy atom. The zero-order chi connectivity index (χ0) is 14.7. The van der Waals surface area contributed by atoms with Crippen LogP contribution in [0.15, 0.2) is 24.3 Å². The fourth-order valence-electron chi connectivity index (χ4n) is 3.61. The van der Waals surface area contributed by atoms with Crippen LogP contribution in [-0.4, -0.2) is 46.9 Å². The monoisotopic (exact) mass is 289 g/mol. The van der Waals surface area contributed by atoms with E-state index in [0.29, 0.717) is 6.04 Å². The largest absolute Gasteiger partial charge is 0.299 e. The van der Waals surface area contributed by atoms with Gasteiger partial charge in [0.25, 0.3) is 5.69 Å². The highest BCUT2D eigenvalue weighted by Crippen LogP contribution is 2.22. The number of rotatable bonds is 4. The van der Waals surface area contributed by atoms with Crippen LogP contribution in [0, 0.1) is 10.1 Å². The van der Waals surface area contributed by atoms with E-state index in [-0.39, 0.29) is 10.6 Å². The Morgan fingerprint density at radius 1 is 1.19 bits per heavy atom. The van der Waals surface area contributed by atoms with Gasteiger partial charge in [-0.2, -0.15) is 0 Å². The fraction of sp³-hybridized carbons (Fsp3) is 0.625. The summed E-state index contributed by atoms with van der Waals surface area (Å²) in [4.78, 5) is 15.6. The Morgan fingerprint density at radius 2 is 2.00 bits per heavy atom. The van der Waals surface area contributed by atoms with E-state index in [9.17, 15) is 10.1 Å². The first-order valence-electron chi connectivity index (χ1n) is 7.92. The van der Waals surface area contributed by atoms with E-state index in [4.69, 9.17) is 0 Å². The van der Waals surface area contributed by atoms with E-state index in [2.05, 4.69) is 9.80 Å². The molecule has 0 aromatic heterocycles. The lowest BCUT2D eigenvalue weighted by Crippen LogP contribution is -2.46. The predicted octanol–water partition coefficient (Wildman–Crippen LogP) is 2.66. The molecule has 2 saturated heterocycles. The maximum absolute atomic E-state index is 10.9. The zero-order valence-corrected chi connectivity index (χ0v) is 12.4. The molecule has 5 heteroatoms. The molecule has 21 heavy (non-hydrogen) atoms. The van der Waals surface area contributed by atoms with Crippen molar-refractivity contribution in [2.75, 3.05) is 26.2 Å². The predicted molar refractivity (Wildman–Crippen MR) is 82.2 cm³/mol. The van der Waals surface area contributed by atoms with Crippen LogP contribution in [0.25, 0.3) is 0 Å². The number of nitro groups is 1. The van der Waals surface area contributed by atoms with E-state index in [1.807, 2.05) is 6.07 Å². The van der Waals surface area contributed by atoms with Crippen molar-refractivity contribution in [1.29, 1.82) is 0 Å². The molecule has 2 heterocycles. The van der Waals surface area contributed by atoms with Gasteiger partial charge in [0.1, 0.15) is 0 Å². The highest BCUT2D eigenvalue weighted by Gasteiger charge is 2.27. The van der Waals surface area contributed by atoms with Crippen LogP contribution in [0.1, 0.15) is 31.2 Å². The van der Waals surface area contributed by atoms with Crippen LogP contribution < -0.4 is 0 Å². The minimum absolute atomic E-state index is 0.195. The normalized spacial score (nSPS) is 24.3. The van der Waals surface area contributed by atoms with E-state index in [0.717, 1.165) is 25.2 Å². The van der Waals surface area contributed by atoms with Gasteiger partial charge < -0.3 is 0 Å². The Balaban J connectivity index is 1.61. The van der Waals surface area contributed by atoms with Crippen LogP contribution in [0.2, 0.25) is 0 Å². The van der Waals surface area contributed by atoms with Gasteiger partial charge in [0.2, 0.25) is 0 Å². The summed E-state index contributed by atoms with van der Waals surface area (Å²) in [5.74, 6) is 0. The molecule has 3 rings (SSSR count). The van der Waals surface area contributed by atoms with Gasteiger partial charge in [-0.1, -0.05) is 12.1 Å². The van der Waals surface area contributed by atoms with E-state index < -0.39 is 0 Å². The van der Waals surface area contributed by atoms with E-state index in [1.54, 1.807) is 18.2 Å². The molecule has 1 aromatic rings. The van der Waals surface area contributed by atoms with Gasteiger partial charge in [0, 0.05) is 31.3 Å². The first kappa shape index (κ1) is 14.5. The maximum Gasteiger partial charge on any atom is 0.269 e. The number of likely N-dealkylation sites (tertiary alicyclic amines) is 2. The number of nitrogens with zero attached hydrogens (tertiary/aromatic N) is 3. The maximum atomic E-state index is 10.9. The van der Waals surface area contributed by atoms with Crippen LogP contribution >= 0.6 is 0 Å². The molecule has 0 amide bonds. The minimum atomic E-state index is -0.313. The zero-order valence-electron chi connectivity index (χ0n) is 12.4. The third-order valence-electron chi connectivity index (χ3n) is 4.67. The van der Waals surface area contributed by atoms with Crippen LogP contribution in [0.5, 0.6) is 0 Å². The van der Waals surface area contributed by atoms with Crippen LogP contribution in [-0.2, 0) is 6.54 Å². The van der Waals surface area contributed by atoms with Gasteiger partial charge in [0.05, 0.1) is 4.92 Å². The molecule has 0 saturated carbocycles. The Bertz CT molecular complexity index is 500. The molecule has 0 spiro atoms. The van der Waals surface area contributed by atoms with E-state index in [1.165, 1.54) is 38.8 Å².